The second-order valence-electron chi connectivity index (χ2n) is 5.70. The van der Waals surface area contributed by atoms with Gasteiger partial charge in [-0.2, -0.15) is 0 Å². The highest BCUT2D eigenvalue weighted by Crippen LogP contribution is 2.34. The molecular formula is C18H18ClNO2. The van der Waals surface area contributed by atoms with E-state index < -0.39 is 5.60 Å². The van der Waals surface area contributed by atoms with Gasteiger partial charge in [-0.1, -0.05) is 48.0 Å². The van der Waals surface area contributed by atoms with Gasteiger partial charge in [-0.15, -0.1) is 0 Å². The van der Waals surface area contributed by atoms with Crippen LogP contribution in [-0.2, 0) is 12.0 Å². The fourth-order valence-electron chi connectivity index (χ4n) is 3.05. The first kappa shape index (κ1) is 15.1. The van der Waals surface area contributed by atoms with E-state index in [1.807, 2.05) is 24.3 Å². The summed E-state index contributed by atoms with van der Waals surface area (Å²) in [7, 11) is 0. The van der Waals surface area contributed by atoms with Crippen LogP contribution in [-0.4, -0.2) is 17.6 Å². The second-order valence-corrected chi connectivity index (χ2v) is 6.11. The van der Waals surface area contributed by atoms with E-state index in [0.29, 0.717) is 17.0 Å². The molecule has 0 aromatic heterocycles. The van der Waals surface area contributed by atoms with Gasteiger partial charge in [0.15, 0.2) is 0 Å². The molecule has 2 aromatic carbocycles. The third-order valence-electron chi connectivity index (χ3n) is 4.22. The predicted molar refractivity (Wildman–Crippen MR) is 87.1 cm³/mol. The fraction of sp³-hybridized carbons (Fsp3) is 0.278. The van der Waals surface area contributed by atoms with Crippen molar-refractivity contribution in [3.8, 4) is 0 Å². The molecule has 1 atom stereocenters. The van der Waals surface area contributed by atoms with E-state index in [2.05, 4.69) is 5.32 Å². The molecule has 1 aliphatic carbocycles. The molecule has 0 bridgehead atoms. The molecule has 0 radical (unpaired) electrons. The molecular weight excluding hydrogens is 298 g/mol. The van der Waals surface area contributed by atoms with Crippen LogP contribution in [0.1, 0.15) is 34.3 Å². The van der Waals surface area contributed by atoms with Gasteiger partial charge in [-0.05, 0) is 42.5 Å². The summed E-state index contributed by atoms with van der Waals surface area (Å²) in [5, 5.41) is 14.2. The number of carbonyl (C=O) groups is 1. The topological polar surface area (TPSA) is 49.3 Å². The summed E-state index contributed by atoms with van der Waals surface area (Å²) in [6, 6.07) is 14.8. The van der Waals surface area contributed by atoms with E-state index in [-0.39, 0.29) is 12.5 Å². The minimum absolute atomic E-state index is 0.189. The number of halogens is 1. The lowest BCUT2D eigenvalue weighted by Crippen LogP contribution is -2.43. The summed E-state index contributed by atoms with van der Waals surface area (Å²) in [6.45, 7) is 0.189. The van der Waals surface area contributed by atoms with Gasteiger partial charge >= 0.3 is 0 Å². The Bertz CT molecular complexity index is 701. The molecule has 1 aliphatic rings. The van der Waals surface area contributed by atoms with Crippen LogP contribution in [0.5, 0.6) is 0 Å². The van der Waals surface area contributed by atoms with E-state index in [4.69, 9.17) is 11.6 Å². The van der Waals surface area contributed by atoms with Crippen molar-refractivity contribution in [2.24, 2.45) is 0 Å². The first-order valence-electron chi connectivity index (χ1n) is 7.44. The summed E-state index contributed by atoms with van der Waals surface area (Å²) in [4.78, 5) is 12.3. The van der Waals surface area contributed by atoms with Crippen molar-refractivity contribution < 1.29 is 9.90 Å². The maximum absolute atomic E-state index is 12.3. The van der Waals surface area contributed by atoms with E-state index in [9.17, 15) is 9.90 Å². The normalized spacial score (nSPS) is 20.3. The first-order chi connectivity index (χ1) is 10.6. The summed E-state index contributed by atoms with van der Waals surface area (Å²) in [5.41, 5.74) is 1.49. The molecule has 2 N–H and O–H groups in total. The van der Waals surface area contributed by atoms with Crippen molar-refractivity contribution in [1.29, 1.82) is 0 Å². The molecule has 0 heterocycles. The van der Waals surface area contributed by atoms with Crippen LogP contribution >= 0.6 is 11.6 Å². The quantitative estimate of drug-likeness (QED) is 0.913. The number of rotatable bonds is 3. The minimum atomic E-state index is -1.01. The van der Waals surface area contributed by atoms with Crippen molar-refractivity contribution >= 4 is 17.5 Å². The molecule has 0 saturated heterocycles. The van der Waals surface area contributed by atoms with Gasteiger partial charge in [0.2, 0.25) is 0 Å². The summed E-state index contributed by atoms with van der Waals surface area (Å²) in [6.07, 6.45) is 2.53. The van der Waals surface area contributed by atoms with Gasteiger partial charge in [0.1, 0.15) is 5.60 Å². The molecule has 114 valence electrons. The average molecular weight is 316 g/mol. The highest BCUT2D eigenvalue weighted by atomic mass is 35.5. The second kappa shape index (κ2) is 6.11. The maximum atomic E-state index is 12.3. The zero-order valence-electron chi connectivity index (χ0n) is 12.2. The number of benzene rings is 2. The highest BCUT2D eigenvalue weighted by molar-refractivity contribution is 6.33. The molecule has 1 amide bonds. The number of hydrogen-bond donors (Lipinski definition) is 2. The van der Waals surface area contributed by atoms with Gasteiger partial charge in [0.25, 0.3) is 5.91 Å². The molecule has 1 unspecified atom stereocenters. The summed E-state index contributed by atoms with van der Waals surface area (Å²) in [5.74, 6) is -0.262. The van der Waals surface area contributed by atoms with E-state index in [1.165, 1.54) is 0 Å². The Morgan fingerprint density at radius 3 is 2.73 bits per heavy atom. The van der Waals surface area contributed by atoms with E-state index in [1.54, 1.807) is 24.3 Å². The number of nitrogens with one attached hydrogen (secondary N) is 1. The standard InChI is InChI=1S/C18H18ClNO2/c19-16-10-4-2-8-14(16)17(21)20-12-18(22)11-5-7-13-6-1-3-9-15(13)18/h1-4,6,8-10,22H,5,7,11-12H2,(H,20,21). The van der Waals surface area contributed by atoms with Crippen LogP contribution in [0, 0.1) is 0 Å². The number of fused-ring (bicyclic) bond motifs is 1. The molecule has 0 spiro atoms. The minimum Gasteiger partial charge on any atom is -0.383 e. The number of aryl methyl sites for hydroxylation is 1. The monoisotopic (exact) mass is 315 g/mol. The van der Waals surface area contributed by atoms with Gasteiger partial charge < -0.3 is 10.4 Å². The van der Waals surface area contributed by atoms with Crippen molar-refractivity contribution in [2.45, 2.75) is 24.9 Å². The van der Waals surface area contributed by atoms with Crippen LogP contribution in [0.4, 0.5) is 0 Å². The van der Waals surface area contributed by atoms with Crippen molar-refractivity contribution in [1.82, 2.24) is 5.32 Å². The molecule has 0 saturated carbocycles. The lowest BCUT2D eigenvalue weighted by atomic mass is 9.79. The van der Waals surface area contributed by atoms with E-state index in [0.717, 1.165) is 24.0 Å². The van der Waals surface area contributed by atoms with Crippen LogP contribution in [0.25, 0.3) is 0 Å². The fourth-order valence-corrected chi connectivity index (χ4v) is 3.27. The molecule has 22 heavy (non-hydrogen) atoms. The molecule has 2 aromatic rings. The maximum Gasteiger partial charge on any atom is 0.252 e. The van der Waals surface area contributed by atoms with Crippen molar-refractivity contribution in [3.63, 3.8) is 0 Å². The van der Waals surface area contributed by atoms with Crippen molar-refractivity contribution in [3.05, 3.63) is 70.2 Å². The molecule has 0 aliphatic heterocycles. The SMILES string of the molecule is O=C(NCC1(O)CCCc2ccccc21)c1ccccc1Cl. The Hall–Kier alpha value is -1.84. The van der Waals surface area contributed by atoms with Gasteiger partial charge in [-0.3, -0.25) is 4.79 Å². The predicted octanol–water partition coefficient (Wildman–Crippen LogP) is 3.29. The Morgan fingerprint density at radius 2 is 1.91 bits per heavy atom. The lowest BCUT2D eigenvalue weighted by molar-refractivity contribution is 0.0189. The van der Waals surface area contributed by atoms with E-state index >= 15 is 0 Å². The number of hydrogen-bond acceptors (Lipinski definition) is 2. The average Bonchev–Trinajstić information content (AvgIpc) is 2.54. The highest BCUT2D eigenvalue weighted by Gasteiger charge is 2.34. The summed E-state index contributed by atoms with van der Waals surface area (Å²) >= 11 is 6.03. The van der Waals surface area contributed by atoms with Crippen LogP contribution < -0.4 is 5.32 Å². The first-order valence-corrected chi connectivity index (χ1v) is 7.81. The zero-order valence-corrected chi connectivity index (χ0v) is 12.9. The Kier molecular flexibility index (Phi) is 4.19. The van der Waals surface area contributed by atoms with Crippen LogP contribution in [0.15, 0.2) is 48.5 Å². The van der Waals surface area contributed by atoms with Crippen LogP contribution in [0.2, 0.25) is 5.02 Å². The molecule has 3 nitrogen and oxygen atoms in total. The number of aliphatic hydroxyl groups is 1. The van der Waals surface area contributed by atoms with Gasteiger partial charge in [0.05, 0.1) is 17.1 Å². The molecule has 3 rings (SSSR count). The van der Waals surface area contributed by atoms with Crippen molar-refractivity contribution in [2.75, 3.05) is 6.54 Å². The summed E-state index contributed by atoms with van der Waals surface area (Å²) < 4.78 is 0. The van der Waals surface area contributed by atoms with Gasteiger partial charge in [-0.25, -0.2) is 0 Å². The third kappa shape index (κ3) is 2.87. The Balaban J connectivity index is 1.77. The Morgan fingerprint density at radius 1 is 1.18 bits per heavy atom. The van der Waals surface area contributed by atoms with Gasteiger partial charge in [0, 0.05) is 0 Å². The zero-order chi connectivity index (χ0) is 15.6. The molecule has 4 heteroatoms. The number of amides is 1. The number of carbonyl (C=O) groups excluding carboxylic acids is 1. The third-order valence-corrected chi connectivity index (χ3v) is 4.54. The lowest BCUT2D eigenvalue weighted by Gasteiger charge is -2.34. The smallest absolute Gasteiger partial charge is 0.252 e. The molecule has 0 fully saturated rings. The Labute approximate surface area is 134 Å². The largest absolute Gasteiger partial charge is 0.383 e. The van der Waals surface area contributed by atoms with Crippen LogP contribution in [0.3, 0.4) is 0 Å².